The molecule has 5 N–H and O–H groups in total. The molecule has 0 unspecified atom stereocenters. The third-order valence-corrected chi connectivity index (χ3v) is 9.55. The van der Waals surface area contributed by atoms with Gasteiger partial charge in [0.05, 0.1) is 11.4 Å². The van der Waals surface area contributed by atoms with E-state index in [1.54, 1.807) is 47.4 Å². The minimum absolute atomic E-state index is 0.0169. The fraction of sp³-hybridized carbons (Fsp3) is 0.282. The highest BCUT2D eigenvalue weighted by atomic mass is 32.2. The van der Waals surface area contributed by atoms with Gasteiger partial charge in [0.15, 0.2) is 0 Å². The number of likely N-dealkylation sites (tertiary alicyclic amines) is 1. The predicted molar refractivity (Wildman–Crippen MR) is 199 cm³/mol. The van der Waals surface area contributed by atoms with Crippen LogP contribution in [0.2, 0.25) is 0 Å². The summed E-state index contributed by atoms with van der Waals surface area (Å²) in [7, 11) is -3.81. The lowest BCUT2D eigenvalue weighted by molar-refractivity contribution is -0.192. The van der Waals surface area contributed by atoms with Crippen molar-refractivity contribution in [1.29, 1.82) is 0 Å². The standard InChI is InChI=1S/C37H41N5O5S.C2HF3O2/c38-48(46,47)34-16-14-28(15-17-34)18-22-42(35(43)26-40-36(44)30-9-2-1-3-10-30)27-29-8-6-11-31(24-29)32-12-7-13-33(25-32)37(45)39-19-23-41-20-4-5-21-41;3-2(4,5)1(6)7/h1-3,6-17,24-25H,4-5,18-23,26-27H2,(H,39,45)(H,40,44)(H2,38,46,47);(H,6,7). The molecule has 4 aromatic rings. The monoisotopic (exact) mass is 781 g/mol. The molecule has 0 radical (unpaired) electrons. The number of carbonyl (C=O) groups is 4. The molecular weight excluding hydrogens is 740 g/mol. The van der Waals surface area contributed by atoms with Crippen molar-refractivity contribution in [2.24, 2.45) is 5.14 Å². The summed E-state index contributed by atoms with van der Waals surface area (Å²) in [4.78, 5) is 52.0. The zero-order valence-corrected chi connectivity index (χ0v) is 30.6. The smallest absolute Gasteiger partial charge is 0.475 e. The minimum atomic E-state index is -5.08. The zero-order valence-electron chi connectivity index (χ0n) is 29.8. The Morgan fingerprint density at radius 1 is 0.764 bits per heavy atom. The molecule has 292 valence electrons. The summed E-state index contributed by atoms with van der Waals surface area (Å²) >= 11 is 0. The molecular formula is C39H42F3N5O7S. The molecule has 1 fully saturated rings. The van der Waals surface area contributed by atoms with Gasteiger partial charge in [0.1, 0.15) is 0 Å². The molecule has 0 aliphatic carbocycles. The Morgan fingerprint density at radius 2 is 1.35 bits per heavy atom. The van der Waals surface area contributed by atoms with Crippen molar-refractivity contribution in [3.05, 3.63) is 125 Å². The summed E-state index contributed by atoms with van der Waals surface area (Å²) in [5.74, 6) is -3.48. The van der Waals surface area contributed by atoms with Crippen LogP contribution in [0.15, 0.2) is 108 Å². The first-order valence-electron chi connectivity index (χ1n) is 17.3. The van der Waals surface area contributed by atoms with Crippen molar-refractivity contribution in [2.45, 2.75) is 36.9 Å². The summed E-state index contributed by atoms with van der Waals surface area (Å²) in [5.41, 5.74) is 4.54. The number of carbonyl (C=O) groups excluding carboxylic acids is 3. The molecule has 0 spiro atoms. The van der Waals surface area contributed by atoms with Crippen molar-refractivity contribution in [1.82, 2.24) is 20.4 Å². The lowest BCUT2D eigenvalue weighted by atomic mass is 10.0. The first-order valence-corrected chi connectivity index (χ1v) is 18.9. The minimum Gasteiger partial charge on any atom is -0.475 e. The lowest BCUT2D eigenvalue weighted by Crippen LogP contribution is -2.40. The molecule has 1 aliphatic rings. The Hall–Kier alpha value is -5.58. The number of amides is 3. The number of nitrogens with one attached hydrogen (secondary N) is 2. The number of sulfonamides is 1. The quantitative estimate of drug-likeness (QED) is 0.145. The number of hydrogen-bond donors (Lipinski definition) is 4. The number of aliphatic carboxylic acids is 1. The first kappa shape index (κ1) is 42.2. The molecule has 0 bridgehead atoms. The summed E-state index contributed by atoms with van der Waals surface area (Å²) in [6.45, 7) is 4.03. The van der Waals surface area contributed by atoms with Crippen LogP contribution in [0.4, 0.5) is 13.2 Å². The molecule has 0 aromatic heterocycles. The maximum Gasteiger partial charge on any atom is 0.490 e. The van der Waals surface area contributed by atoms with Crippen LogP contribution in [-0.4, -0.2) is 92.5 Å². The van der Waals surface area contributed by atoms with E-state index in [9.17, 15) is 36.0 Å². The van der Waals surface area contributed by atoms with Gasteiger partial charge in [-0.05, 0) is 97.1 Å². The Balaban J connectivity index is 0.000000876. The first-order chi connectivity index (χ1) is 26.1. The molecule has 4 aromatic carbocycles. The van der Waals surface area contributed by atoms with Gasteiger partial charge < -0.3 is 25.5 Å². The zero-order chi connectivity index (χ0) is 40.0. The number of nitrogens with zero attached hydrogens (tertiary/aromatic N) is 2. The Kier molecular flexibility index (Phi) is 15.1. The number of halogens is 3. The van der Waals surface area contributed by atoms with Crippen LogP contribution >= 0.6 is 0 Å². The number of alkyl halides is 3. The highest BCUT2D eigenvalue weighted by Crippen LogP contribution is 2.23. The van der Waals surface area contributed by atoms with E-state index in [4.69, 9.17) is 15.0 Å². The summed E-state index contributed by atoms with van der Waals surface area (Å²) in [6.07, 6.45) is -2.20. The maximum atomic E-state index is 13.5. The van der Waals surface area contributed by atoms with E-state index in [1.807, 2.05) is 48.5 Å². The Bertz CT molecular complexity index is 2040. The predicted octanol–water partition coefficient (Wildman–Crippen LogP) is 4.46. The van der Waals surface area contributed by atoms with E-state index in [1.165, 1.54) is 25.0 Å². The van der Waals surface area contributed by atoms with Crippen LogP contribution < -0.4 is 15.8 Å². The average Bonchev–Trinajstić information content (AvgIpc) is 3.69. The van der Waals surface area contributed by atoms with E-state index >= 15 is 0 Å². The van der Waals surface area contributed by atoms with E-state index in [0.29, 0.717) is 30.6 Å². The molecule has 1 aliphatic heterocycles. The second-order valence-corrected chi connectivity index (χ2v) is 14.3. The normalized spacial score (nSPS) is 12.9. The molecule has 0 atom stereocenters. The van der Waals surface area contributed by atoms with Gasteiger partial charge in [-0.15, -0.1) is 0 Å². The molecule has 16 heteroatoms. The Labute approximate surface area is 317 Å². The van der Waals surface area contributed by atoms with E-state index in [2.05, 4.69) is 15.5 Å². The molecule has 5 rings (SSSR count). The largest absolute Gasteiger partial charge is 0.490 e. The molecule has 12 nitrogen and oxygen atoms in total. The van der Waals surface area contributed by atoms with Gasteiger partial charge in [-0.2, -0.15) is 13.2 Å². The summed E-state index contributed by atoms with van der Waals surface area (Å²) in [6, 6.07) is 30.2. The van der Waals surface area contributed by atoms with Gasteiger partial charge in [-0.1, -0.05) is 60.7 Å². The fourth-order valence-corrected chi connectivity index (χ4v) is 6.22. The van der Waals surface area contributed by atoms with Crippen molar-refractivity contribution < 1.29 is 45.9 Å². The number of hydrogen-bond acceptors (Lipinski definition) is 7. The third kappa shape index (κ3) is 13.7. The second kappa shape index (κ2) is 19.7. The van der Waals surface area contributed by atoms with Crippen LogP contribution in [0, 0.1) is 0 Å². The number of primary sulfonamides is 1. The topological polar surface area (TPSA) is 179 Å². The lowest BCUT2D eigenvalue weighted by Gasteiger charge is -2.24. The van der Waals surface area contributed by atoms with Gasteiger partial charge in [-0.25, -0.2) is 18.4 Å². The van der Waals surface area contributed by atoms with Crippen LogP contribution in [0.1, 0.15) is 44.7 Å². The fourth-order valence-electron chi connectivity index (χ4n) is 5.71. The summed E-state index contributed by atoms with van der Waals surface area (Å²) in [5, 5.41) is 18.1. The van der Waals surface area contributed by atoms with Crippen molar-refractivity contribution in [3.8, 4) is 11.1 Å². The summed E-state index contributed by atoms with van der Waals surface area (Å²) < 4.78 is 55.1. The van der Waals surface area contributed by atoms with E-state index < -0.39 is 22.2 Å². The molecule has 1 saturated heterocycles. The second-order valence-electron chi connectivity index (χ2n) is 12.7. The number of carboxylic acid groups (broad SMARTS) is 1. The third-order valence-electron chi connectivity index (χ3n) is 8.62. The van der Waals surface area contributed by atoms with Crippen LogP contribution in [0.5, 0.6) is 0 Å². The molecule has 0 saturated carbocycles. The number of benzene rings is 4. The number of nitrogens with two attached hydrogens (primary N) is 1. The van der Waals surface area contributed by atoms with Crippen LogP contribution in [0.25, 0.3) is 11.1 Å². The molecule has 3 amide bonds. The van der Waals surface area contributed by atoms with Gasteiger partial charge in [0.25, 0.3) is 11.8 Å². The number of rotatable bonds is 14. The maximum absolute atomic E-state index is 13.5. The highest BCUT2D eigenvalue weighted by Gasteiger charge is 2.38. The Morgan fingerprint density at radius 3 is 1.96 bits per heavy atom. The van der Waals surface area contributed by atoms with Crippen molar-refractivity contribution >= 4 is 33.7 Å². The van der Waals surface area contributed by atoms with Gasteiger partial charge >= 0.3 is 12.1 Å². The highest BCUT2D eigenvalue weighted by molar-refractivity contribution is 7.89. The van der Waals surface area contributed by atoms with Crippen LogP contribution in [0.3, 0.4) is 0 Å². The average molecular weight is 782 g/mol. The molecule has 1 heterocycles. The van der Waals surface area contributed by atoms with Gasteiger partial charge in [0, 0.05) is 37.3 Å². The van der Waals surface area contributed by atoms with Gasteiger partial charge in [0.2, 0.25) is 15.9 Å². The molecule has 55 heavy (non-hydrogen) atoms. The van der Waals surface area contributed by atoms with E-state index in [-0.39, 0.29) is 35.7 Å². The van der Waals surface area contributed by atoms with Crippen molar-refractivity contribution in [3.63, 3.8) is 0 Å². The van der Waals surface area contributed by atoms with Crippen LogP contribution in [-0.2, 0) is 32.6 Å². The van der Waals surface area contributed by atoms with Crippen molar-refractivity contribution in [2.75, 3.05) is 39.3 Å². The van der Waals surface area contributed by atoms with Gasteiger partial charge in [-0.3, -0.25) is 14.4 Å². The van der Waals surface area contributed by atoms with E-state index in [0.717, 1.165) is 41.9 Å². The number of carboxylic acids is 1. The SMILES string of the molecule is NS(=O)(=O)c1ccc(CCN(Cc2cccc(-c3cccc(C(=O)NCCN4CCCC4)c3)c2)C(=O)CNC(=O)c2ccccc2)cc1.O=C(O)C(F)(F)F.